The van der Waals surface area contributed by atoms with Gasteiger partial charge in [-0.1, -0.05) is 6.92 Å². The van der Waals surface area contributed by atoms with Crippen molar-refractivity contribution >= 4 is 5.91 Å². The van der Waals surface area contributed by atoms with Gasteiger partial charge in [-0.15, -0.1) is 0 Å². The van der Waals surface area contributed by atoms with Gasteiger partial charge in [-0.25, -0.2) is 0 Å². The molecule has 2 fully saturated rings. The van der Waals surface area contributed by atoms with Crippen LogP contribution in [0.15, 0.2) is 18.3 Å². The number of aliphatic hydroxyl groups is 1. The van der Waals surface area contributed by atoms with E-state index in [9.17, 15) is 9.90 Å². The zero-order valence-corrected chi connectivity index (χ0v) is 12.7. The van der Waals surface area contributed by atoms with Gasteiger partial charge in [0, 0.05) is 18.8 Å². The van der Waals surface area contributed by atoms with E-state index in [0.29, 0.717) is 12.0 Å². The highest BCUT2D eigenvalue weighted by molar-refractivity contribution is 5.93. The van der Waals surface area contributed by atoms with E-state index in [1.807, 2.05) is 23.2 Å². The van der Waals surface area contributed by atoms with Gasteiger partial charge in [0.2, 0.25) is 0 Å². The maximum absolute atomic E-state index is 12.9. The van der Waals surface area contributed by atoms with Gasteiger partial charge in [0.1, 0.15) is 5.69 Å². The van der Waals surface area contributed by atoms with Gasteiger partial charge in [0.05, 0.1) is 12.6 Å². The highest BCUT2D eigenvalue weighted by atomic mass is 16.3. The largest absolute Gasteiger partial charge is 0.394 e. The van der Waals surface area contributed by atoms with Gasteiger partial charge in [0.25, 0.3) is 5.91 Å². The summed E-state index contributed by atoms with van der Waals surface area (Å²) < 4.78 is 2.14. The third-order valence-corrected chi connectivity index (χ3v) is 5.03. The van der Waals surface area contributed by atoms with E-state index < -0.39 is 0 Å². The van der Waals surface area contributed by atoms with Crippen LogP contribution in [0.25, 0.3) is 0 Å². The maximum Gasteiger partial charge on any atom is 0.270 e. The summed E-state index contributed by atoms with van der Waals surface area (Å²) >= 11 is 0. The third kappa shape index (κ3) is 2.72. The minimum absolute atomic E-state index is 0.0335. The minimum Gasteiger partial charge on any atom is -0.394 e. The minimum atomic E-state index is -0.0335. The average molecular weight is 291 g/mol. The number of nitrogens with zero attached hydrogens (tertiary/aromatic N) is 2. The number of nitrogens with one attached hydrogen (secondary N) is 1. The fraction of sp³-hybridized carbons (Fsp3) is 0.688. The first-order chi connectivity index (χ1) is 10.2. The molecule has 0 aliphatic carbocycles. The van der Waals surface area contributed by atoms with Crippen molar-refractivity contribution < 1.29 is 9.90 Å². The highest BCUT2D eigenvalue weighted by Gasteiger charge is 2.35. The first-order valence-corrected chi connectivity index (χ1v) is 8.01. The Morgan fingerprint density at radius 3 is 2.86 bits per heavy atom. The van der Waals surface area contributed by atoms with Crippen molar-refractivity contribution in [3.05, 3.63) is 24.0 Å². The molecule has 2 aliphatic rings. The summed E-state index contributed by atoms with van der Waals surface area (Å²) in [6.07, 6.45) is 5.13. The molecule has 0 saturated carbocycles. The lowest BCUT2D eigenvalue weighted by Gasteiger charge is -2.29. The lowest BCUT2D eigenvalue weighted by molar-refractivity contribution is 0.0634. The zero-order valence-electron chi connectivity index (χ0n) is 12.7. The summed E-state index contributed by atoms with van der Waals surface area (Å²) in [7, 11) is 0. The number of hydrogen-bond acceptors (Lipinski definition) is 3. The standard InChI is InChI=1S/C16H25N3O2/c1-12-6-10-19(15(12)11-20)16(21)14-3-2-9-18(14)13-4-7-17-8-5-13/h2-3,9,12-13,15,17,20H,4-8,10-11H2,1H3. The number of hydrogen-bond donors (Lipinski definition) is 2. The van der Waals surface area contributed by atoms with Crippen LogP contribution in [-0.2, 0) is 0 Å². The van der Waals surface area contributed by atoms with Gasteiger partial charge in [-0.3, -0.25) is 4.79 Å². The Kier molecular flexibility index (Phi) is 4.31. The van der Waals surface area contributed by atoms with Crippen molar-refractivity contribution in [1.82, 2.24) is 14.8 Å². The van der Waals surface area contributed by atoms with E-state index in [2.05, 4.69) is 16.8 Å². The second-order valence-corrected chi connectivity index (χ2v) is 6.30. The molecule has 21 heavy (non-hydrogen) atoms. The first-order valence-electron chi connectivity index (χ1n) is 8.01. The molecule has 2 N–H and O–H groups in total. The predicted molar refractivity (Wildman–Crippen MR) is 81.3 cm³/mol. The molecule has 5 heteroatoms. The normalized spacial score (nSPS) is 27.2. The number of carbonyl (C=O) groups is 1. The molecular weight excluding hydrogens is 266 g/mol. The summed E-state index contributed by atoms with van der Waals surface area (Å²) in [5.74, 6) is 0.447. The molecule has 2 unspecified atom stereocenters. The molecule has 0 bridgehead atoms. The summed E-state index contributed by atoms with van der Waals surface area (Å²) in [6, 6.07) is 4.26. The van der Waals surface area contributed by atoms with E-state index in [1.54, 1.807) is 0 Å². The maximum atomic E-state index is 12.9. The number of rotatable bonds is 3. The van der Waals surface area contributed by atoms with Crippen LogP contribution in [0.3, 0.4) is 0 Å². The monoisotopic (exact) mass is 291 g/mol. The van der Waals surface area contributed by atoms with Crippen LogP contribution >= 0.6 is 0 Å². The van der Waals surface area contributed by atoms with E-state index in [0.717, 1.165) is 44.6 Å². The Morgan fingerprint density at radius 2 is 2.14 bits per heavy atom. The molecule has 0 radical (unpaired) electrons. The molecule has 5 nitrogen and oxygen atoms in total. The number of carbonyl (C=O) groups excluding carboxylic acids is 1. The fourth-order valence-corrected chi connectivity index (χ4v) is 3.66. The van der Waals surface area contributed by atoms with Crippen LogP contribution in [-0.4, -0.2) is 52.8 Å². The Labute approximate surface area is 125 Å². The number of aliphatic hydroxyl groups excluding tert-OH is 1. The van der Waals surface area contributed by atoms with E-state index in [1.165, 1.54) is 0 Å². The van der Waals surface area contributed by atoms with Crippen LogP contribution in [0.2, 0.25) is 0 Å². The predicted octanol–water partition coefficient (Wildman–Crippen LogP) is 1.26. The van der Waals surface area contributed by atoms with Crippen LogP contribution in [0.1, 0.15) is 42.7 Å². The Bertz CT molecular complexity index is 493. The molecule has 2 saturated heterocycles. The lowest BCUT2D eigenvalue weighted by atomic mass is 10.0. The zero-order chi connectivity index (χ0) is 14.8. The van der Waals surface area contributed by atoms with E-state index in [-0.39, 0.29) is 18.6 Å². The molecule has 116 valence electrons. The molecule has 3 heterocycles. The smallest absolute Gasteiger partial charge is 0.270 e. The van der Waals surface area contributed by atoms with Gasteiger partial charge in [0.15, 0.2) is 0 Å². The second kappa shape index (κ2) is 6.20. The third-order valence-electron chi connectivity index (χ3n) is 5.03. The first kappa shape index (κ1) is 14.6. The van der Waals surface area contributed by atoms with Gasteiger partial charge >= 0.3 is 0 Å². The molecule has 0 spiro atoms. The Hall–Kier alpha value is -1.33. The topological polar surface area (TPSA) is 57.5 Å². The molecule has 1 amide bonds. The van der Waals surface area contributed by atoms with Gasteiger partial charge in [-0.2, -0.15) is 0 Å². The quantitative estimate of drug-likeness (QED) is 0.881. The second-order valence-electron chi connectivity index (χ2n) is 6.30. The van der Waals surface area contributed by atoms with Crippen LogP contribution < -0.4 is 5.32 Å². The van der Waals surface area contributed by atoms with Gasteiger partial charge in [-0.05, 0) is 50.4 Å². The van der Waals surface area contributed by atoms with Crippen molar-refractivity contribution in [3.8, 4) is 0 Å². The van der Waals surface area contributed by atoms with Crippen molar-refractivity contribution in [1.29, 1.82) is 0 Å². The average Bonchev–Trinajstić information content (AvgIpc) is 3.13. The van der Waals surface area contributed by atoms with Crippen molar-refractivity contribution in [2.75, 3.05) is 26.2 Å². The summed E-state index contributed by atoms with van der Waals surface area (Å²) in [5, 5.41) is 12.9. The SMILES string of the molecule is CC1CCN(C(=O)c2cccn2C2CCNCC2)C1CO. The fourth-order valence-electron chi connectivity index (χ4n) is 3.66. The summed E-state index contributed by atoms with van der Waals surface area (Å²) in [6.45, 7) is 4.94. The van der Waals surface area contributed by atoms with Crippen LogP contribution in [0.4, 0.5) is 0 Å². The molecule has 0 aromatic carbocycles. The van der Waals surface area contributed by atoms with E-state index >= 15 is 0 Å². The Balaban J connectivity index is 1.80. The summed E-state index contributed by atoms with van der Waals surface area (Å²) in [4.78, 5) is 14.7. The molecule has 1 aromatic heterocycles. The van der Waals surface area contributed by atoms with Crippen LogP contribution in [0.5, 0.6) is 0 Å². The molecule has 1 aromatic rings. The molecular formula is C16H25N3O2. The van der Waals surface area contributed by atoms with Crippen molar-refractivity contribution in [3.63, 3.8) is 0 Å². The van der Waals surface area contributed by atoms with Gasteiger partial charge < -0.3 is 19.9 Å². The highest BCUT2D eigenvalue weighted by Crippen LogP contribution is 2.27. The number of amides is 1. The molecule has 3 rings (SSSR count). The van der Waals surface area contributed by atoms with E-state index in [4.69, 9.17) is 0 Å². The van der Waals surface area contributed by atoms with Crippen molar-refractivity contribution in [2.45, 2.75) is 38.3 Å². The lowest BCUT2D eigenvalue weighted by Crippen LogP contribution is -2.41. The Morgan fingerprint density at radius 1 is 1.38 bits per heavy atom. The molecule has 2 aliphatic heterocycles. The van der Waals surface area contributed by atoms with Crippen LogP contribution in [0, 0.1) is 5.92 Å². The molecule has 2 atom stereocenters. The number of aromatic nitrogens is 1. The number of piperidine rings is 1. The number of likely N-dealkylation sites (tertiary alicyclic amines) is 1. The van der Waals surface area contributed by atoms with Crippen molar-refractivity contribution in [2.24, 2.45) is 5.92 Å². The summed E-state index contributed by atoms with van der Waals surface area (Å²) in [5.41, 5.74) is 0.773.